The Morgan fingerprint density at radius 2 is 0.484 bits per heavy atom. The molecule has 8 aromatic rings. The van der Waals surface area contributed by atoms with Crippen LogP contribution in [0.1, 0.15) is 25.0 Å². The van der Waals surface area contributed by atoms with Crippen molar-refractivity contribution in [2.24, 2.45) is 0 Å². The molecule has 0 aliphatic rings. The van der Waals surface area contributed by atoms with E-state index in [1.54, 1.807) is 72.8 Å². The average Bonchev–Trinajstić information content (AvgIpc) is 3.28. The summed E-state index contributed by atoms with van der Waals surface area (Å²) in [6, 6.07) is 57.5. The van der Waals surface area contributed by atoms with Crippen molar-refractivity contribution in [1.29, 1.82) is 0 Å². The Balaban J connectivity index is 0.000000186. The van der Waals surface area contributed by atoms with Crippen LogP contribution in [0.15, 0.2) is 204 Å². The SMILES string of the molecule is CC(C)(c1ccc(Oc2ccc(N)cc2)cc1)c1ccc(Oc2ccc(N)cc2)cc1.Nc1ccc(Oc2ccc(S(=O)(=O)c3ccc(Oc4ccc(N)cc4)cc3)cc2)cc1. The molecule has 8 N–H and O–H groups in total. The lowest BCUT2D eigenvalue weighted by Gasteiger charge is -2.26. The molecule has 62 heavy (non-hydrogen) atoms. The number of hydrogen-bond acceptors (Lipinski definition) is 10. The maximum atomic E-state index is 12.9. The Morgan fingerprint density at radius 1 is 0.306 bits per heavy atom. The van der Waals surface area contributed by atoms with Crippen LogP contribution in [-0.2, 0) is 15.3 Å². The zero-order chi connectivity index (χ0) is 43.7. The van der Waals surface area contributed by atoms with Crippen LogP contribution < -0.4 is 41.9 Å². The Bertz CT molecular complexity index is 2610. The van der Waals surface area contributed by atoms with E-state index >= 15 is 0 Å². The average molecular weight is 843 g/mol. The molecule has 0 aliphatic carbocycles. The number of nitrogen functional groups attached to an aromatic ring is 4. The molecular formula is C51H46N4O6S. The van der Waals surface area contributed by atoms with Crippen LogP contribution in [0.4, 0.5) is 22.7 Å². The van der Waals surface area contributed by atoms with E-state index in [-0.39, 0.29) is 15.2 Å². The Labute approximate surface area is 361 Å². The molecule has 0 aromatic heterocycles. The molecule has 0 bridgehead atoms. The third-order valence-electron chi connectivity index (χ3n) is 9.88. The van der Waals surface area contributed by atoms with Crippen molar-refractivity contribution < 1.29 is 27.4 Å². The van der Waals surface area contributed by atoms with Gasteiger partial charge in [-0.15, -0.1) is 0 Å². The standard InChI is InChI=1S/C27H26N2O2.C24H20N2O4S/c1-27(2,19-3-11-23(12-4-19)30-25-15-7-21(28)8-16-25)20-5-13-24(14-6-20)31-26-17-9-22(29)10-18-26;25-17-1-5-19(6-2-17)29-21-9-13-23(14-10-21)31(27,28)24-15-11-22(12-16-24)30-20-7-3-18(26)4-8-20/h3-18H,28-29H2,1-2H3;1-16H,25-26H2. The van der Waals surface area contributed by atoms with Gasteiger partial charge in [-0.1, -0.05) is 38.1 Å². The summed E-state index contributed by atoms with van der Waals surface area (Å²) in [5.41, 5.74) is 27.7. The highest BCUT2D eigenvalue weighted by atomic mass is 32.2. The normalized spacial score (nSPS) is 11.1. The maximum Gasteiger partial charge on any atom is 0.206 e. The van der Waals surface area contributed by atoms with Gasteiger partial charge in [-0.3, -0.25) is 0 Å². The van der Waals surface area contributed by atoms with Gasteiger partial charge < -0.3 is 41.9 Å². The van der Waals surface area contributed by atoms with E-state index in [9.17, 15) is 8.42 Å². The van der Waals surface area contributed by atoms with Crippen molar-refractivity contribution in [2.45, 2.75) is 29.1 Å². The smallest absolute Gasteiger partial charge is 0.206 e. The second-order valence-electron chi connectivity index (χ2n) is 14.8. The lowest BCUT2D eigenvalue weighted by atomic mass is 9.78. The maximum absolute atomic E-state index is 12.9. The molecule has 0 amide bonds. The lowest BCUT2D eigenvalue weighted by Crippen LogP contribution is -2.18. The molecule has 8 rings (SSSR count). The van der Waals surface area contributed by atoms with Gasteiger partial charge in [-0.25, -0.2) is 8.42 Å². The van der Waals surface area contributed by atoms with E-state index in [0.29, 0.717) is 45.7 Å². The first-order chi connectivity index (χ1) is 29.8. The number of ether oxygens (including phenoxy) is 4. The molecule has 0 aliphatic heterocycles. The molecule has 0 saturated heterocycles. The van der Waals surface area contributed by atoms with Gasteiger partial charge in [0, 0.05) is 28.2 Å². The van der Waals surface area contributed by atoms with Crippen molar-refractivity contribution in [3.8, 4) is 46.0 Å². The predicted molar refractivity (Wildman–Crippen MR) is 247 cm³/mol. The van der Waals surface area contributed by atoms with Crippen molar-refractivity contribution in [3.05, 3.63) is 205 Å². The first-order valence-electron chi connectivity index (χ1n) is 19.6. The minimum atomic E-state index is -3.67. The van der Waals surface area contributed by atoms with Gasteiger partial charge in [0.1, 0.15) is 46.0 Å². The quantitative estimate of drug-likeness (QED) is 0.0866. The van der Waals surface area contributed by atoms with Crippen molar-refractivity contribution in [2.75, 3.05) is 22.9 Å². The second-order valence-corrected chi connectivity index (χ2v) is 16.8. The van der Waals surface area contributed by atoms with E-state index in [1.807, 2.05) is 72.8 Å². The molecule has 0 atom stereocenters. The van der Waals surface area contributed by atoms with Gasteiger partial charge in [0.25, 0.3) is 0 Å². The summed E-state index contributed by atoms with van der Waals surface area (Å²) in [6.07, 6.45) is 0. The van der Waals surface area contributed by atoms with E-state index in [4.69, 9.17) is 41.9 Å². The number of anilines is 4. The summed E-state index contributed by atoms with van der Waals surface area (Å²) >= 11 is 0. The van der Waals surface area contributed by atoms with Gasteiger partial charge >= 0.3 is 0 Å². The van der Waals surface area contributed by atoms with Crippen LogP contribution in [0.25, 0.3) is 0 Å². The minimum Gasteiger partial charge on any atom is -0.457 e. The highest BCUT2D eigenvalue weighted by Gasteiger charge is 2.23. The van der Waals surface area contributed by atoms with E-state index in [2.05, 4.69) is 38.1 Å². The van der Waals surface area contributed by atoms with Gasteiger partial charge in [0.05, 0.1) is 9.79 Å². The zero-order valence-electron chi connectivity index (χ0n) is 34.1. The Morgan fingerprint density at radius 3 is 0.694 bits per heavy atom. The summed E-state index contributed by atoms with van der Waals surface area (Å²) in [4.78, 5) is 0.341. The first kappa shape index (κ1) is 42.2. The predicted octanol–water partition coefficient (Wildman–Crippen LogP) is 12.0. The molecular weight excluding hydrogens is 797 g/mol. The molecule has 10 nitrogen and oxygen atoms in total. The minimum absolute atomic E-state index is 0.167. The summed E-state index contributed by atoms with van der Waals surface area (Å²) in [7, 11) is -3.67. The number of benzene rings is 8. The van der Waals surface area contributed by atoms with E-state index < -0.39 is 9.84 Å². The third-order valence-corrected chi connectivity index (χ3v) is 11.7. The summed E-state index contributed by atoms with van der Waals surface area (Å²) in [5, 5.41) is 0. The Kier molecular flexibility index (Phi) is 12.7. The highest BCUT2D eigenvalue weighted by molar-refractivity contribution is 7.91. The largest absolute Gasteiger partial charge is 0.457 e. The molecule has 0 fully saturated rings. The molecule has 0 unspecified atom stereocenters. The zero-order valence-corrected chi connectivity index (χ0v) is 35.0. The van der Waals surface area contributed by atoms with Gasteiger partial charge in [-0.05, 0) is 181 Å². The topological polar surface area (TPSA) is 175 Å². The van der Waals surface area contributed by atoms with Gasteiger partial charge in [-0.2, -0.15) is 0 Å². The van der Waals surface area contributed by atoms with Crippen LogP contribution in [0.3, 0.4) is 0 Å². The fraction of sp³-hybridized carbons (Fsp3) is 0.0588. The highest BCUT2D eigenvalue weighted by Crippen LogP contribution is 2.35. The Hall–Kier alpha value is -7.89. The van der Waals surface area contributed by atoms with Crippen molar-refractivity contribution in [3.63, 3.8) is 0 Å². The second kappa shape index (κ2) is 18.6. The number of nitrogens with two attached hydrogens (primary N) is 4. The fourth-order valence-electron chi connectivity index (χ4n) is 6.24. The molecule has 8 aromatic carbocycles. The van der Waals surface area contributed by atoms with Crippen LogP contribution >= 0.6 is 0 Å². The molecule has 11 heteroatoms. The van der Waals surface area contributed by atoms with Crippen molar-refractivity contribution in [1.82, 2.24) is 0 Å². The van der Waals surface area contributed by atoms with Crippen LogP contribution in [0.5, 0.6) is 46.0 Å². The lowest BCUT2D eigenvalue weighted by molar-refractivity contribution is 0.481. The van der Waals surface area contributed by atoms with Gasteiger partial charge in [0.15, 0.2) is 0 Å². The molecule has 312 valence electrons. The summed E-state index contributed by atoms with van der Waals surface area (Å²) in [6.45, 7) is 4.41. The number of rotatable bonds is 12. The number of sulfone groups is 1. The van der Waals surface area contributed by atoms with Crippen LogP contribution in [0, 0.1) is 0 Å². The summed E-state index contributed by atoms with van der Waals surface area (Å²) in [5.74, 6) is 5.37. The first-order valence-corrected chi connectivity index (χ1v) is 21.1. The van der Waals surface area contributed by atoms with Crippen molar-refractivity contribution >= 4 is 32.6 Å². The van der Waals surface area contributed by atoms with Crippen LogP contribution in [0.2, 0.25) is 0 Å². The molecule has 0 heterocycles. The van der Waals surface area contributed by atoms with Gasteiger partial charge in [0.2, 0.25) is 9.84 Å². The fourth-order valence-corrected chi connectivity index (χ4v) is 7.50. The summed E-state index contributed by atoms with van der Waals surface area (Å²) < 4.78 is 49.1. The monoisotopic (exact) mass is 842 g/mol. The van der Waals surface area contributed by atoms with E-state index in [0.717, 1.165) is 23.0 Å². The van der Waals surface area contributed by atoms with Crippen LogP contribution in [-0.4, -0.2) is 8.42 Å². The molecule has 0 spiro atoms. The molecule has 0 saturated carbocycles. The molecule has 0 radical (unpaired) electrons. The number of hydrogen-bond donors (Lipinski definition) is 4. The third kappa shape index (κ3) is 10.8. The van der Waals surface area contributed by atoms with E-state index in [1.165, 1.54) is 35.4 Å².